The molecule has 0 radical (unpaired) electrons. The predicted octanol–water partition coefficient (Wildman–Crippen LogP) is 3.43. The SMILES string of the molecule is CCN(Cc1ccc2c(c1)OCCO2)C(=O)/C=C/c1ccccc1[N+](=O)[O-]. The Hall–Kier alpha value is -3.35. The number of nitrogens with zero attached hydrogens (tertiary/aromatic N) is 2. The first kappa shape index (κ1) is 18.4. The number of hydrogen-bond donors (Lipinski definition) is 0. The zero-order valence-corrected chi connectivity index (χ0v) is 15.0. The van der Waals surface area contributed by atoms with Crippen LogP contribution in [0.25, 0.3) is 6.08 Å². The van der Waals surface area contributed by atoms with Crippen molar-refractivity contribution < 1.29 is 19.2 Å². The van der Waals surface area contributed by atoms with Crippen molar-refractivity contribution in [3.05, 3.63) is 69.8 Å². The van der Waals surface area contributed by atoms with E-state index in [0.29, 0.717) is 43.4 Å². The van der Waals surface area contributed by atoms with Crippen LogP contribution >= 0.6 is 0 Å². The number of hydrogen-bond acceptors (Lipinski definition) is 5. The van der Waals surface area contributed by atoms with Gasteiger partial charge in [0.15, 0.2) is 11.5 Å². The second kappa shape index (κ2) is 8.35. The molecule has 0 N–H and O–H groups in total. The van der Waals surface area contributed by atoms with E-state index < -0.39 is 4.92 Å². The Labute approximate surface area is 157 Å². The molecule has 2 aromatic rings. The molecule has 0 bridgehead atoms. The largest absolute Gasteiger partial charge is 0.486 e. The Bertz CT molecular complexity index is 878. The first-order valence-electron chi connectivity index (χ1n) is 8.67. The van der Waals surface area contributed by atoms with Crippen molar-refractivity contribution in [3.63, 3.8) is 0 Å². The number of carbonyl (C=O) groups is 1. The lowest BCUT2D eigenvalue weighted by atomic mass is 10.1. The minimum absolute atomic E-state index is 0.0311. The molecule has 140 valence electrons. The van der Waals surface area contributed by atoms with E-state index in [1.165, 1.54) is 18.2 Å². The lowest BCUT2D eigenvalue weighted by Gasteiger charge is -2.22. The second-order valence-corrected chi connectivity index (χ2v) is 5.98. The molecular formula is C20H20N2O5. The number of fused-ring (bicyclic) bond motifs is 1. The molecule has 0 atom stereocenters. The van der Waals surface area contributed by atoms with Gasteiger partial charge in [-0.2, -0.15) is 0 Å². The fourth-order valence-electron chi connectivity index (χ4n) is 2.81. The molecule has 0 unspecified atom stereocenters. The van der Waals surface area contributed by atoms with Crippen LogP contribution in [0.3, 0.4) is 0 Å². The maximum absolute atomic E-state index is 12.5. The molecule has 0 aromatic heterocycles. The van der Waals surface area contributed by atoms with Crippen LogP contribution in [-0.4, -0.2) is 35.5 Å². The molecule has 2 aromatic carbocycles. The highest BCUT2D eigenvalue weighted by Crippen LogP contribution is 2.31. The van der Waals surface area contributed by atoms with Gasteiger partial charge in [-0.25, -0.2) is 0 Å². The molecular weight excluding hydrogens is 348 g/mol. The van der Waals surface area contributed by atoms with Crippen LogP contribution in [-0.2, 0) is 11.3 Å². The van der Waals surface area contributed by atoms with E-state index in [4.69, 9.17) is 9.47 Å². The van der Waals surface area contributed by atoms with Crippen molar-refractivity contribution >= 4 is 17.7 Å². The number of nitro groups is 1. The summed E-state index contributed by atoms with van der Waals surface area (Å²) in [7, 11) is 0. The monoisotopic (exact) mass is 368 g/mol. The van der Waals surface area contributed by atoms with E-state index >= 15 is 0 Å². The van der Waals surface area contributed by atoms with Crippen LogP contribution < -0.4 is 9.47 Å². The van der Waals surface area contributed by atoms with Gasteiger partial charge in [-0.1, -0.05) is 18.2 Å². The van der Waals surface area contributed by atoms with Crippen molar-refractivity contribution in [2.24, 2.45) is 0 Å². The third-order valence-corrected chi connectivity index (χ3v) is 4.21. The van der Waals surface area contributed by atoms with E-state index in [0.717, 1.165) is 5.56 Å². The highest BCUT2D eigenvalue weighted by atomic mass is 16.6. The maximum atomic E-state index is 12.5. The molecule has 0 aliphatic carbocycles. The normalized spacial score (nSPS) is 12.8. The van der Waals surface area contributed by atoms with Gasteiger partial charge >= 0.3 is 0 Å². The Morgan fingerprint density at radius 2 is 1.93 bits per heavy atom. The zero-order chi connectivity index (χ0) is 19.2. The van der Waals surface area contributed by atoms with Gasteiger partial charge in [0.2, 0.25) is 5.91 Å². The lowest BCUT2D eigenvalue weighted by molar-refractivity contribution is -0.385. The van der Waals surface area contributed by atoms with Gasteiger partial charge in [0.1, 0.15) is 13.2 Å². The number of para-hydroxylation sites is 1. The van der Waals surface area contributed by atoms with Crippen LogP contribution in [0.4, 0.5) is 5.69 Å². The minimum atomic E-state index is -0.461. The maximum Gasteiger partial charge on any atom is 0.276 e. The summed E-state index contributed by atoms with van der Waals surface area (Å²) in [6.07, 6.45) is 2.84. The summed E-state index contributed by atoms with van der Waals surface area (Å²) in [6.45, 7) is 3.84. The van der Waals surface area contributed by atoms with E-state index in [1.54, 1.807) is 23.1 Å². The smallest absolute Gasteiger partial charge is 0.276 e. The van der Waals surface area contributed by atoms with Crippen LogP contribution in [0.5, 0.6) is 11.5 Å². The van der Waals surface area contributed by atoms with Crippen molar-refractivity contribution in [3.8, 4) is 11.5 Å². The molecule has 1 amide bonds. The predicted molar refractivity (Wildman–Crippen MR) is 101 cm³/mol. The van der Waals surface area contributed by atoms with Gasteiger partial charge < -0.3 is 14.4 Å². The Morgan fingerprint density at radius 3 is 2.67 bits per heavy atom. The number of ether oxygens (including phenoxy) is 2. The first-order valence-corrected chi connectivity index (χ1v) is 8.67. The first-order chi connectivity index (χ1) is 13.1. The number of rotatable bonds is 6. The standard InChI is InChI=1S/C20H20N2O5/c1-2-21(14-15-7-9-18-19(13-15)27-12-11-26-18)20(23)10-8-16-5-3-4-6-17(16)22(24)25/h3-10,13H,2,11-12,14H2,1H3/b10-8+. The van der Waals surface area contributed by atoms with Crippen LogP contribution in [0.2, 0.25) is 0 Å². The highest BCUT2D eigenvalue weighted by Gasteiger charge is 2.15. The van der Waals surface area contributed by atoms with Gasteiger partial charge in [-0.15, -0.1) is 0 Å². The fourth-order valence-corrected chi connectivity index (χ4v) is 2.81. The van der Waals surface area contributed by atoms with Crippen molar-refractivity contribution in [1.82, 2.24) is 4.90 Å². The van der Waals surface area contributed by atoms with Gasteiger partial charge in [0, 0.05) is 25.2 Å². The molecule has 7 heteroatoms. The average molecular weight is 368 g/mol. The van der Waals surface area contributed by atoms with Gasteiger partial charge in [-0.3, -0.25) is 14.9 Å². The average Bonchev–Trinajstić information content (AvgIpc) is 2.70. The van der Waals surface area contributed by atoms with Crippen LogP contribution in [0.1, 0.15) is 18.1 Å². The molecule has 0 fully saturated rings. The number of nitro benzene ring substituents is 1. The Balaban J connectivity index is 1.72. The summed E-state index contributed by atoms with van der Waals surface area (Å²) < 4.78 is 11.1. The van der Waals surface area contributed by atoms with Gasteiger partial charge in [-0.05, 0) is 36.8 Å². The third-order valence-electron chi connectivity index (χ3n) is 4.21. The van der Waals surface area contributed by atoms with Gasteiger partial charge in [0.25, 0.3) is 5.69 Å². The molecule has 7 nitrogen and oxygen atoms in total. The topological polar surface area (TPSA) is 81.9 Å². The van der Waals surface area contributed by atoms with E-state index in [1.807, 2.05) is 25.1 Å². The van der Waals surface area contributed by atoms with Crippen molar-refractivity contribution in [2.45, 2.75) is 13.5 Å². The lowest BCUT2D eigenvalue weighted by Crippen LogP contribution is -2.28. The summed E-state index contributed by atoms with van der Waals surface area (Å²) in [5.74, 6) is 1.17. The summed E-state index contributed by atoms with van der Waals surface area (Å²) in [6, 6.07) is 11.9. The van der Waals surface area contributed by atoms with Crippen LogP contribution in [0.15, 0.2) is 48.5 Å². The number of benzene rings is 2. The van der Waals surface area contributed by atoms with Crippen molar-refractivity contribution in [2.75, 3.05) is 19.8 Å². The molecule has 1 heterocycles. The number of likely N-dealkylation sites (N-methyl/N-ethyl adjacent to an activating group) is 1. The van der Waals surface area contributed by atoms with Crippen molar-refractivity contribution in [1.29, 1.82) is 0 Å². The molecule has 0 saturated carbocycles. The third kappa shape index (κ3) is 4.44. The summed E-state index contributed by atoms with van der Waals surface area (Å²) in [5, 5.41) is 11.1. The Kier molecular flexibility index (Phi) is 5.71. The minimum Gasteiger partial charge on any atom is -0.486 e. The highest BCUT2D eigenvalue weighted by molar-refractivity contribution is 5.92. The summed E-state index contributed by atoms with van der Waals surface area (Å²) in [4.78, 5) is 24.8. The summed E-state index contributed by atoms with van der Waals surface area (Å²) in [5.41, 5.74) is 1.29. The molecule has 1 aliphatic heterocycles. The van der Waals surface area contributed by atoms with Gasteiger partial charge in [0.05, 0.1) is 10.5 Å². The second-order valence-electron chi connectivity index (χ2n) is 5.98. The number of carbonyl (C=O) groups excluding carboxylic acids is 1. The van der Waals surface area contributed by atoms with E-state index in [-0.39, 0.29) is 11.6 Å². The quantitative estimate of drug-likeness (QED) is 0.443. The van der Waals surface area contributed by atoms with E-state index in [9.17, 15) is 14.9 Å². The zero-order valence-electron chi connectivity index (χ0n) is 15.0. The van der Waals surface area contributed by atoms with Crippen LogP contribution in [0, 0.1) is 10.1 Å². The van der Waals surface area contributed by atoms with E-state index in [2.05, 4.69) is 0 Å². The fraction of sp³-hybridized carbons (Fsp3) is 0.250. The molecule has 27 heavy (non-hydrogen) atoms. The molecule has 3 rings (SSSR count). The Morgan fingerprint density at radius 1 is 1.19 bits per heavy atom. The number of amides is 1. The summed E-state index contributed by atoms with van der Waals surface area (Å²) >= 11 is 0. The molecule has 1 aliphatic rings. The molecule has 0 saturated heterocycles. The molecule has 0 spiro atoms.